The van der Waals surface area contributed by atoms with Gasteiger partial charge in [0.05, 0.1) is 11.3 Å². The van der Waals surface area contributed by atoms with Gasteiger partial charge in [0, 0.05) is 11.0 Å². The van der Waals surface area contributed by atoms with Crippen LogP contribution < -0.4 is 0 Å². The molecule has 8 rings (SSSR count). The molecular weight excluding hydrogens is 617 g/mol. The topological polar surface area (TPSA) is 65.2 Å². The molecule has 0 aliphatic heterocycles. The second-order valence-electron chi connectivity index (χ2n) is 20.2. The maximum absolute atomic E-state index is 13.6. The molecule has 1 heterocycles. The number of carbonyl (C=O) groups is 1. The van der Waals surface area contributed by atoms with E-state index < -0.39 is 0 Å². The van der Waals surface area contributed by atoms with E-state index in [1.54, 1.807) is 0 Å². The summed E-state index contributed by atoms with van der Waals surface area (Å²) in [5, 5.41) is 9.50. The Bertz CT molecular complexity index is 1660. The second kappa shape index (κ2) is 11.3. The fourth-order valence-electron chi connectivity index (χ4n) is 15.0. The van der Waals surface area contributed by atoms with Crippen molar-refractivity contribution in [1.29, 1.82) is 0 Å². The maximum atomic E-state index is 13.6. The Balaban J connectivity index is 1.08. The number of nitrogens with zero attached hydrogens (tertiary/aromatic N) is 2. The third-order valence-electron chi connectivity index (χ3n) is 17.9. The Morgan fingerprint density at radius 3 is 2.26 bits per heavy atom. The van der Waals surface area contributed by atoms with Crippen molar-refractivity contribution in [2.24, 2.45) is 68.5 Å². The number of benzene rings is 1. The van der Waals surface area contributed by atoms with Crippen LogP contribution in [-0.2, 0) is 14.9 Å². The van der Waals surface area contributed by atoms with E-state index >= 15 is 0 Å². The first-order valence-electron chi connectivity index (χ1n) is 20.3. The zero-order chi connectivity index (χ0) is 35.6. The first-order valence-corrected chi connectivity index (χ1v) is 20.3. The quantitative estimate of drug-likeness (QED) is 0.224. The van der Waals surface area contributed by atoms with Crippen molar-refractivity contribution >= 4 is 5.97 Å². The fraction of sp³-hybridized carbons (Fsp3) is 0.756. The van der Waals surface area contributed by atoms with Crippen LogP contribution in [0.25, 0.3) is 11.5 Å². The number of fused-ring (bicyclic) bond motifs is 7. The highest BCUT2D eigenvalue weighted by molar-refractivity contribution is 5.77. The number of ether oxygens (including phenoxy) is 1. The smallest absolute Gasteiger partial charge is 0.310 e. The van der Waals surface area contributed by atoms with Crippen molar-refractivity contribution in [1.82, 2.24) is 10.2 Å². The van der Waals surface area contributed by atoms with Gasteiger partial charge in [-0.2, -0.15) is 0 Å². The lowest BCUT2D eigenvalue weighted by molar-refractivity contribution is -0.246. The Morgan fingerprint density at radius 2 is 1.58 bits per heavy atom. The average Bonchev–Trinajstić information content (AvgIpc) is 3.41. The summed E-state index contributed by atoms with van der Waals surface area (Å²) < 4.78 is 13.2. The Morgan fingerprint density at radius 1 is 0.840 bits per heavy atom. The molecule has 0 bridgehead atoms. The van der Waals surface area contributed by atoms with E-state index in [4.69, 9.17) is 14.3 Å². The molecule has 0 N–H and O–H groups in total. The molecule has 50 heavy (non-hydrogen) atoms. The summed E-state index contributed by atoms with van der Waals surface area (Å²) in [5.41, 5.74) is 3.04. The van der Waals surface area contributed by atoms with E-state index in [9.17, 15) is 4.79 Å². The summed E-state index contributed by atoms with van der Waals surface area (Å²) in [4.78, 5) is 13.6. The van der Waals surface area contributed by atoms with Gasteiger partial charge in [-0.05, 0) is 140 Å². The van der Waals surface area contributed by atoms with Crippen LogP contribution in [0.15, 0.2) is 46.9 Å². The highest BCUT2D eigenvalue weighted by atomic mass is 16.5. The van der Waals surface area contributed by atoms with Crippen molar-refractivity contribution in [2.45, 2.75) is 144 Å². The van der Waals surface area contributed by atoms with Crippen LogP contribution in [0.5, 0.6) is 0 Å². The minimum atomic E-state index is -0.0744. The molecule has 0 amide bonds. The molecule has 0 unspecified atom stereocenters. The molecule has 1 aromatic carbocycles. The summed E-state index contributed by atoms with van der Waals surface area (Å²) in [5.74, 6) is 4.93. The van der Waals surface area contributed by atoms with Crippen molar-refractivity contribution in [3.63, 3.8) is 0 Å². The van der Waals surface area contributed by atoms with Gasteiger partial charge in [-0.1, -0.05) is 92.2 Å². The fourth-order valence-corrected chi connectivity index (χ4v) is 15.0. The van der Waals surface area contributed by atoms with E-state index in [1.807, 2.05) is 18.2 Å². The van der Waals surface area contributed by atoms with E-state index in [-0.39, 0.29) is 50.5 Å². The summed E-state index contributed by atoms with van der Waals surface area (Å²) in [6, 6.07) is 10.3. The van der Waals surface area contributed by atoms with Crippen LogP contribution in [0, 0.1) is 68.5 Å². The van der Waals surface area contributed by atoms with Gasteiger partial charge < -0.3 is 9.15 Å². The average molecular weight is 681 g/mol. The van der Waals surface area contributed by atoms with Crippen molar-refractivity contribution in [3.05, 3.63) is 48.4 Å². The third kappa shape index (κ3) is 4.52. The highest BCUT2D eigenvalue weighted by Gasteiger charge is 2.72. The molecule has 0 saturated heterocycles. The molecule has 5 heteroatoms. The molecule has 2 aromatic rings. The van der Waals surface area contributed by atoms with E-state index in [2.05, 4.69) is 86.1 Å². The van der Waals surface area contributed by atoms with Gasteiger partial charge in [0.2, 0.25) is 11.8 Å². The van der Waals surface area contributed by atoms with Gasteiger partial charge in [-0.15, -0.1) is 10.2 Å². The molecule has 12 atom stereocenters. The minimum Gasteiger partial charge on any atom is -0.462 e. The van der Waals surface area contributed by atoms with Crippen LogP contribution in [0.3, 0.4) is 0 Å². The lowest BCUT2D eigenvalue weighted by atomic mass is 9.32. The largest absolute Gasteiger partial charge is 0.462 e. The third-order valence-corrected chi connectivity index (χ3v) is 17.9. The van der Waals surface area contributed by atoms with E-state index in [0.29, 0.717) is 41.4 Å². The van der Waals surface area contributed by atoms with Gasteiger partial charge >= 0.3 is 5.97 Å². The molecule has 0 radical (unpaired) electrons. The maximum Gasteiger partial charge on any atom is 0.310 e. The number of rotatable bonds is 6. The summed E-state index contributed by atoms with van der Waals surface area (Å²) >= 11 is 0. The molecule has 6 aliphatic rings. The molecule has 5 nitrogen and oxygen atoms in total. The summed E-state index contributed by atoms with van der Waals surface area (Å²) in [7, 11) is 0. The van der Waals surface area contributed by atoms with Crippen LogP contribution in [0.4, 0.5) is 0 Å². The predicted octanol–water partition coefficient (Wildman–Crippen LogP) is 11.2. The van der Waals surface area contributed by atoms with Gasteiger partial charge in [-0.25, -0.2) is 0 Å². The van der Waals surface area contributed by atoms with Gasteiger partial charge in [0.15, 0.2) is 0 Å². The van der Waals surface area contributed by atoms with Crippen molar-refractivity contribution < 1.29 is 13.9 Å². The Kier molecular flexibility index (Phi) is 7.82. The molecule has 0 spiro atoms. The molecule has 272 valence electrons. The first kappa shape index (κ1) is 34.6. The van der Waals surface area contributed by atoms with Crippen LogP contribution in [0.1, 0.15) is 139 Å². The highest BCUT2D eigenvalue weighted by Crippen LogP contribution is 2.77. The zero-order valence-electron chi connectivity index (χ0n) is 32.6. The SMILES string of the molecule is C=C(C)[C@@H]1CC[C@]2(c3nnc(-c4ccccc4)o3)CC[C@]3(C)[C@H](CC[C@@H]4[C@@]5(C)CC[C@H](OC(=O)[C@H]6[C@@H](CC)C6(C)C)C(C)(C)[C@@H]5CC[C@]43C)[C@@H]12. The standard InChI is InChI=1S/C45H64N2O3/c1-11-30-36(40(30,4)5)38(48)49-34-21-22-42(8)32(41(34,6)7)20-23-44(10)33(42)18-17-31-35-29(27(2)3)19-24-45(35,26-25-43(31,44)9)39-47-46-37(50-39)28-15-13-12-14-16-28/h12-16,29-36H,2,11,17-26H2,1,3-10H3/t29-,30+,31+,32-,33+,34-,35+,36+,42-,43+,44+,45-/m0/s1. The summed E-state index contributed by atoms with van der Waals surface area (Å²) in [6.07, 6.45) is 12.9. The number of allylic oxidation sites excluding steroid dienone is 1. The van der Waals surface area contributed by atoms with Gasteiger partial charge in [0.1, 0.15) is 6.10 Å². The number of esters is 1. The zero-order valence-corrected chi connectivity index (χ0v) is 32.6. The molecule has 6 fully saturated rings. The number of hydrogen-bond acceptors (Lipinski definition) is 5. The second-order valence-corrected chi connectivity index (χ2v) is 20.2. The Hall–Kier alpha value is -2.43. The van der Waals surface area contributed by atoms with Crippen LogP contribution in [-0.4, -0.2) is 22.3 Å². The minimum absolute atomic E-state index is 0.0126. The van der Waals surface area contributed by atoms with Crippen molar-refractivity contribution in [2.75, 3.05) is 0 Å². The van der Waals surface area contributed by atoms with Crippen LogP contribution in [0.2, 0.25) is 0 Å². The molecule has 6 saturated carbocycles. The summed E-state index contributed by atoms with van der Waals surface area (Å²) in [6.45, 7) is 26.5. The van der Waals surface area contributed by atoms with E-state index in [1.165, 1.54) is 44.1 Å². The molecule has 6 aliphatic carbocycles. The molecular formula is C45H64N2O3. The lowest BCUT2D eigenvalue weighted by Crippen LogP contribution is -2.67. The van der Waals surface area contributed by atoms with E-state index in [0.717, 1.165) is 43.6 Å². The van der Waals surface area contributed by atoms with Gasteiger partial charge in [-0.3, -0.25) is 4.79 Å². The number of carbonyl (C=O) groups excluding carboxylic acids is 1. The monoisotopic (exact) mass is 680 g/mol. The predicted molar refractivity (Wildman–Crippen MR) is 199 cm³/mol. The normalized spacial score (nSPS) is 45.4. The number of hydrogen-bond donors (Lipinski definition) is 0. The lowest BCUT2D eigenvalue weighted by Gasteiger charge is -2.72. The first-order chi connectivity index (χ1) is 23.6. The Labute approximate surface area is 302 Å². The number of aromatic nitrogens is 2. The molecule has 1 aromatic heterocycles. The van der Waals surface area contributed by atoms with Gasteiger partial charge in [0.25, 0.3) is 0 Å². The van der Waals surface area contributed by atoms with Crippen molar-refractivity contribution in [3.8, 4) is 11.5 Å². The van der Waals surface area contributed by atoms with Crippen LogP contribution >= 0.6 is 0 Å².